The van der Waals surface area contributed by atoms with E-state index in [4.69, 9.17) is 38.9 Å². The lowest BCUT2D eigenvalue weighted by Gasteiger charge is -2.11. The summed E-state index contributed by atoms with van der Waals surface area (Å²) < 4.78 is 5.63. The fourth-order valence-electron chi connectivity index (χ4n) is 1.53. The van der Waals surface area contributed by atoms with E-state index in [0.717, 1.165) is 0 Å². The molecule has 7 heteroatoms. The van der Waals surface area contributed by atoms with Crippen LogP contribution in [0.4, 0.5) is 0 Å². The maximum atomic E-state index is 8.78. The summed E-state index contributed by atoms with van der Waals surface area (Å²) >= 11 is 12.0. The Kier molecular flexibility index (Phi) is 4.32. The molecule has 0 aliphatic carbocycles. The lowest BCUT2D eigenvalue weighted by molar-refractivity contribution is 0.318. The molecule has 0 atom stereocenters. The Balaban J connectivity index is 2.47. The van der Waals surface area contributed by atoms with E-state index in [-0.39, 0.29) is 16.7 Å². The first-order valence-corrected chi connectivity index (χ1v) is 6.36. The second-order valence-corrected chi connectivity index (χ2v) is 4.73. The van der Waals surface area contributed by atoms with Crippen LogP contribution >= 0.6 is 23.2 Å². The monoisotopic (exact) mass is 311 g/mol. The molecule has 0 radical (unpaired) electrons. The van der Waals surface area contributed by atoms with Crippen LogP contribution in [0.2, 0.25) is 10.0 Å². The highest BCUT2D eigenvalue weighted by molar-refractivity contribution is 6.42. The minimum absolute atomic E-state index is 0.106. The summed E-state index contributed by atoms with van der Waals surface area (Å²) in [5, 5.41) is 12.4. The number of pyridine rings is 1. The number of nitrogens with two attached hydrogens (primary N) is 1. The molecule has 0 fully saturated rings. The van der Waals surface area contributed by atoms with Crippen LogP contribution in [-0.2, 0) is 0 Å². The van der Waals surface area contributed by atoms with E-state index in [1.807, 2.05) is 0 Å². The number of rotatable bonds is 3. The molecule has 1 aromatic carbocycles. The molecule has 104 valence electrons. The highest BCUT2D eigenvalue weighted by Gasteiger charge is 2.14. The van der Waals surface area contributed by atoms with Gasteiger partial charge >= 0.3 is 0 Å². The topological polar surface area (TPSA) is 80.7 Å². The van der Waals surface area contributed by atoms with E-state index in [0.29, 0.717) is 22.0 Å². The summed E-state index contributed by atoms with van der Waals surface area (Å²) in [4.78, 5) is 4.21. The quantitative estimate of drug-likeness (QED) is 0.393. The van der Waals surface area contributed by atoms with E-state index >= 15 is 0 Å². The number of oxime groups is 1. The van der Waals surface area contributed by atoms with Crippen LogP contribution in [0.1, 0.15) is 11.3 Å². The molecule has 1 heterocycles. The van der Waals surface area contributed by atoms with E-state index in [2.05, 4.69) is 10.1 Å². The van der Waals surface area contributed by atoms with E-state index in [9.17, 15) is 0 Å². The SMILES string of the molecule is Cc1ccc(C(N)=NO)c(Oc2cccc(Cl)c2Cl)n1. The number of hydrogen-bond donors (Lipinski definition) is 2. The highest BCUT2D eigenvalue weighted by atomic mass is 35.5. The lowest BCUT2D eigenvalue weighted by atomic mass is 10.2. The molecule has 2 rings (SSSR count). The first-order chi connectivity index (χ1) is 9.52. The van der Waals surface area contributed by atoms with Crippen LogP contribution in [0.15, 0.2) is 35.5 Å². The number of aromatic nitrogens is 1. The van der Waals surface area contributed by atoms with Crippen LogP contribution < -0.4 is 10.5 Å². The van der Waals surface area contributed by atoms with Gasteiger partial charge in [-0.15, -0.1) is 0 Å². The van der Waals surface area contributed by atoms with Crippen molar-refractivity contribution in [1.82, 2.24) is 4.98 Å². The third-order valence-corrected chi connectivity index (χ3v) is 3.31. The molecule has 0 spiro atoms. The predicted molar refractivity (Wildman–Crippen MR) is 78.0 cm³/mol. The standard InChI is InChI=1S/C13H11Cl2N3O2/c1-7-5-6-8(12(16)18-19)13(17-7)20-10-4-2-3-9(14)11(10)15/h2-6,19H,1H3,(H2,16,18). The number of nitrogens with zero attached hydrogens (tertiary/aromatic N) is 2. The second kappa shape index (κ2) is 5.98. The molecule has 5 nitrogen and oxygen atoms in total. The maximum Gasteiger partial charge on any atom is 0.230 e. The van der Waals surface area contributed by atoms with Crippen molar-refractivity contribution in [2.75, 3.05) is 0 Å². The average molecular weight is 312 g/mol. The Morgan fingerprint density at radius 2 is 2.05 bits per heavy atom. The van der Waals surface area contributed by atoms with Gasteiger partial charge in [-0.1, -0.05) is 34.4 Å². The molecule has 0 saturated heterocycles. The van der Waals surface area contributed by atoms with Crippen molar-refractivity contribution >= 4 is 29.0 Å². The third kappa shape index (κ3) is 2.95. The fraction of sp³-hybridized carbons (Fsp3) is 0.0769. The molecule has 0 aliphatic heterocycles. The Morgan fingerprint density at radius 3 is 2.75 bits per heavy atom. The molecule has 0 saturated carbocycles. The first-order valence-electron chi connectivity index (χ1n) is 5.60. The maximum absolute atomic E-state index is 8.78. The molecule has 0 unspecified atom stereocenters. The third-order valence-electron chi connectivity index (χ3n) is 2.51. The van der Waals surface area contributed by atoms with Crippen molar-refractivity contribution in [3.63, 3.8) is 0 Å². The van der Waals surface area contributed by atoms with Crippen LogP contribution in [-0.4, -0.2) is 16.0 Å². The number of ether oxygens (including phenoxy) is 1. The van der Waals surface area contributed by atoms with Gasteiger partial charge in [0.05, 0.1) is 10.6 Å². The number of halogens is 2. The number of amidine groups is 1. The largest absolute Gasteiger partial charge is 0.437 e. The average Bonchev–Trinajstić information content (AvgIpc) is 2.43. The van der Waals surface area contributed by atoms with Crippen molar-refractivity contribution in [2.45, 2.75) is 6.92 Å². The summed E-state index contributed by atoms with van der Waals surface area (Å²) in [7, 11) is 0. The predicted octanol–water partition coefficient (Wildman–Crippen LogP) is 3.58. The molecule has 1 aromatic heterocycles. The van der Waals surface area contributed by atoms with Crippen LogP contribution in [0.25, 0.3) is 0 Å². The van der Waals surface area contributed by atoms with Gasteiger partial charge in [0.1, 0.15) is 10.8 Å². The van der Waals surface area contributed by atoms with E-state index in [1.54, 1.807) is 37.3 Å². The first kappa shape index (κ1) is 14.4. The van der Waals surface area contributed by atoms with Gasteiger partial charge in [0.15, 0.2) is 5.84 Å². The van der Waals surface area contributed by atoms with Gasteiger partial charge in [-0.05, 0) is 31.2 Å². The van der Waals surface area contributed by atoms with Crippen LogP contribution in [0.3, 0.4) is 0 Å². The van der Waals surface area contributed by atoms with Gasteiger partial charge in [-0.2, -0.15) is 0 Å². The molecule has 3 N–H and O–H groups in total. The van der Waals surface area contributed by atoms with Gasteiger partial charge in [-0.25, -0.2) is 4.98 Å². The molecule has 0 bridgehead atoms. The fourth-order valence-corrected chi connectivity index (χ4v) is 1.86. The van der Waals surface area contributed by atoms with E-state index < -0.39 is 0 Å². The van der Waals surface area contributed by atoms with Gasteiger partial charge < -0.3 is 15.7 Å². The summed E-state index contributed by atoms with van der Waals surface area (Å²) in [6.07, 6.45) is 0. The number of aryl methyl sites for hydroxylation is 1. The van der Waals surface area contributed by atoms with Gasteiger partial charge in [-0.3, -0.25) is 0 Å². The Hall–Kier alpha value is -1.98. The normalized spacial score (nSPS) is 11.4. The molecular formula is C13H11Cl2N3O2. The molecule has 0 aliphatic rings. The zero-order chi connectivity index (χ0) is 14.7. The minimum Gasteiger partial charge on any atom is -0.437 e. The minimum atomic E-state index is -0.106. The van der Waals surface area contributed by atoms with Gasteiger partial charge in [0.2, 0.25) is 5.88 Å². The highest BCUT2D eigenvalue weighted by Crippen LogP contribution is 2.35. The van der Waals surface area contributed by atoms with Crippen molar-refractivity contribution in [3.8, 4) is 11.6 Å². The number of benzene rings is 1. The van der Waals surface area contributed by atoms with E-state index in [1.165, 1.54) is 0 Å². The van der Waals surface area contributed by atoms with Gasteiger partial charge in [0.25, 0.3) is 0 Å². The summed E-state index contributed by atoms with van der Waals surface area (Å²) in [6.45, 7) is 1.79. The van der Waals surface area contributed by atoms with Crippen LogP contribution in [0.5, 0.6) is 11.6 Å². The number of hydrogen-bond acceptors (Lipinski definition) is 4. The van der Waals surface area contributed by atoms with Crippen molar-refractivity contribution in [3.05, 3.63) is 51.6 Å². The molecular weight excluding hydrogens is 301 g/mol. The smallest absolute Gasteiger partial charge is 0.230 e. The zero-order valence-corrected chi connectivity index (χ0v) is 12.0. The van der Waals surface area contributed by atoms with Crippen molar-refractivity contribution < 1.29 is 9.94 Å². The Morgan fingerprint density at radius 1 is 1.30 bits per heavy atom. The molecule has 20 heavy (non-hydrogen) atoms. The summed E-state index contributed by atoms with van der Waals surface area (Å²) in [5.41, 5.74) is 6.66. The lowest BCUT2D eigenvalue weighted by Crippen LogP contribution is -2.15. The summed E-state index contributed by atoms with van der Waals surface area (Å²) in [6, 6.07) is 8.35. The Labute approximate surface area is 125 Å². The van der Waals surface area contributed by atoms with Crippen LogP contribution in [0, 0.1) is 6.92 Å². The van der Waals surface area contributed by atoms with Crippen molar-refractivity contribution in [1.29, 1.82) is 0 Å². The zero-order valence-electron chi connectivity index (χ0n) is 10.5. The molecule has 2 aromatic rings. The molecule has 0 amide bonds. The van der Waals surface area contributed by atoms with Crippen molar-refractivity contribution in [2.24, 2.45) is 10.9 Å². The second-order valence-electron chi connectivity index (χ2n) is 3.94. The Bertz CT molecular complexity index is 675. The summed E-state index contributed by atoms with van der Waals surface area (Å²) in [5.74, 6) is 0.416. The van der Waals surface area contributed by atoms with Gasteiger partial charge in [0, 0.05) is 5.69 Å².